The van der Waals surface area contributed by atoms with Crippen LogP contribution in [-0.2, 0) is 6.42 Å². The fraction of sp³-hybridized carbons (Fsp3) is 0.538. The number of rotatable bonds is 4. The highest BCUT2D eigenvalue weighted by molar-refractivity contribution is 9.10. The first kappa shape index (κ1) is 14.6. The lowest BCUT2D eigenvalue weighted by molar-refractivity contribution is -0.00970. The SMILES string of the molecule is CCC(O)(Cc1c(F)ccc(Br)c1F)C(C)C. The summed E-state index contributed by atoms with van der Waals surface area (Å²) in [6.07, 6.45) is 0.439. The lowest BCUT2D eigenvalue weighted by Gasteiger charge is -2.31. The van der Waals surface area contributed by atoms with Gasteiger partial charge in [0.25, 0.3) is 0 Å². The molecule has 0 aromatic heterocycles. The molecule has 0 aliphatic carbocycles. The van der Waals surface area contributed by atoms with Crippen molar-refractivity contribution in [2.45, 2.75) is 39.2 Å². The predicted octanol–water partition coefficient (Wildman–Crippen LogP) is 4.07. The van der Waals surface area contributed by atoms with Gasteiger partial charge in [0.2, 0.25) is 0 Å². The van der Waals surface area contributed by atoms with Crippen molar-refractivity contribution in [3.8, 4) is 0 Å². The maximum absolute atomic E-state index is 13.8. The summed E-state index contributed by atoms with van der Waals surface area (Å²) in [5, 5.41) is 10.3. The first-order chi connectivity index (χ1) is 7.81. The van der Waals surface area contributed by atoms with Crippen LogP contribution >= 0.6 is 15.9 Å². The molecular weight excluding hydrogens is 290 g/mol. The standard InChI is InChI=1S/C13H17BrF2O/c1-4-13(17,8(2)3)7-9-11(15)6-5-10(14)12(9)16/h5-6,8,17H,4,7H2,1-3H3. The Morgan fingerprint density at radius 3 is 2.41 bits per heavy atom. The van der Waals surface area contributed by atoms with Gasteiger partial charge < -0.3 is 5.11 Å². The maximum Gasteiger partial charge on any atom is 0.143 e. The minimum atomic E-state index is -1.08. The fourth-order valence-corrected chi connectivity index (χ4v) is 2.15. The summed E-state index contributed by atoms with van der Waals surface area (Å²) in [4.78, 5) is 0. The minimum Gasteiger partial charge on any atom is -0.389 e. The molecule has 0 bridgehead atoms. The lowest BCUT2D eigenvalue weighted by Crippen LogP contribution is -2.37. The summed E-state index contributed by atoms with van der Waals surface area (Å²) in [6.45, 7) is 5.50. The second-order valence-corrected chi connectivity index (χ2v) is 5.46. The third-order valence-corrected chi connectivity index (χ3v) is 3.92. The molecule has 1 aromatic rings. The highest BCUT2D eigenvalue weighted by atomic mass is 79.9. The van der Waals surface area contributed by atoms with Crippen LogP contribution in [0.25, 0.3) is 0 Å². The van der Waals surface area contributed by atoms with Crippen molar-refractivity contribution in [1.29, 1.82) is 0 Å². The Bertz CT molecular complexity index is 407. The van der Waals surface area contributed by atoms with E-state index in [1.165, 1.54) is 12.1 Å². The van der Waals surface area contributed by atoms with Gasteiger partial charge in [-0.2, -0.15) is 0 Å². The normalized spacial score (nSPS) is 15.1. The molecule has 0 fully saturated rings. The van der Waals surface area contributed by atoms with E-state index >= 15 is 0 Å². The number of aliphatic hydroxyl groups is 1. The molecule has 0 saturated carbocycles. The third-order valence-electron chi connectivity index (χ3n) is 3.31. The highest BCUT2D eigenvalue weighted by Crippen LogP contribution is 2.30. The van der Waals surface area contributed by atoms with Crippen LogP contribution in [0.3, 0.4) is 0 Å². The van der Waals surface area contributed by atoms with Gasteiger partial charge in [0.15, 0.2) is 0 Å². The van der Waals surface area contributed by atoms with Crippen LogP contribution in [0, 0.1) is 17.6 Å². The van der Waals surface area contributed by atoms with Gasteiger partial charge in [-0.05, 0) is 40.4 Å². The van der Waals surface area contributed by atoms with Crippen molar-refractivity contribution < 1.29 is 13.9 Å². The van der Waals surface area contributed by atoms with E-state index in [0.29, 0.717) is 6.42 Å². The van der Waals surface area contributed by atoms with Crippen molar-refractivity contribution in [2.75, 3.05) is 0 Å². The van der Waals surface area contributed by atoms with Crippen LogP contribution in [0.15, 0.2) is 16.6 Å². The average Bonchev–Trinajstić information content (AvgIpc) is 2.29. The van der Waals surface area contributed by atoms with Crippen LogP contribution in [0.4, 0.5) is 8.78 Å². The van der Waals surface area contributed by atoms with Crippen molar-refractivity contribution in [1.82, 2.24) is 0 Å². The van der Waals surface area contributed by atoms with Gasteiger partial charge in [-0.1, -0.05) is 20.8 Å². The Morgan fingerprint density at radius 2 is 1.94 bits per heavy atom. The molecule has 1 nitrogen and oxygen atoms in total. The number of hydrogen-bond donors (Lipinski definition) is 1. The fourth-order valence-electron chi connectivity index (χ4n) is 1.77. The first-order valence-corrected chi connectivity index (χ1v) is 6.46. The molecule has 0 radical (unpaired) electrons. The second kappa shape index (κ2) is 5.44. The van der Waals surface area contributed by atoms with E-state index in [2.05, 4.69) is 15.9 Å². The van der Waals surface area contributed by atoms with Gasteiger partial charge >= 0.3 is 0 Å². The van der Waals surface area contributed by atoms with Crippen molar-refractivity contribution >= 4 is 15.9 Å². The summed E-state index contributed by atoms with van der Waals surface area (Å²) < 4.78 is 27.6. The van der Waals surface area contributed by atoms with Gasteiger partial charge in [-0.15, -0.1) is 0 Å². The molecule has 96 valence electrons. The molecule has 0 aliphatic heterocycles. The van der Waals surface area contributed by atoms with Crippen molar-refractivity contribution in [3.63, 3.8) is 0 Å². The van der Waals surface area contributed by atoms with E-state index in [-0.39, 0.29) is 22.4 Å². The molecule has 0 heterocycles. The zero-order valence-corrected chi connectivity index (χ0v) is 11.8. The lowest BCUT2D eigenvalue weighted by atomic mass is 9.82. The van der Waals surface area contributed by atoms with E-state index in [4.69, 9.17) is 0 Å². The first-order valence-electron chi connectivity index (χ1n) is 5.66. The minimum absolute atomic E-state index is 0.0156. The van der Waals surface area contributed by atoms with Gasteiger partial charge in [0.05, 0.1) is 10.1 Å². The van der Waals surface area contributed by atoms with Gasteiger partial charge in [-0.3, -0.25) is 0 Å². The summed E-state index contributed by atoms with van der Waals surface area (Å²) in [5.74, 6) is -1.30. The molecule has 1 rings (SSSR count). The van der Waals surface area contributed by atoms with Gasteiger partial charge in [-0.25, -0.2) is 8.78 Å². The Hall–Kier alpha value is -0.480. The van der Waals surface area contributed by atoms with Crippen LogP contribution in [-0.4, -0.2) is 10.7 Å². The monoisotopic (exact) mass is 306 g/mol. The predicted molar refractivity (Wildman–Crippen MR) is 67.8 cm³/mol. The Labute approximate surface area is 109 Å². The summed E-state index contributed by atoms with van der Waals surface area (Å²) in [6, 6.07) is 2.54. The van der Waals surface area contributed by atoms with Gasteiger partial charge in [0.1, 0.15) is 11.6 Å². The van der Waals surface area contributed by atoms with Crippen molar-refractivity contribution in [2.24, 2.45) is 5.92 Å². The Morgan fingerprint density at radius 1 is 1.35 bits per heavy atom. The molecule has 0 saturated heterocycles. The molecule has 1 N–H and O–H groups in total. The quantitative estimate of drug-likeness (QED) is 0.832. The zero-order valence-electron chi connectivity index (χ0n) is 10.2. The molecule has 17 heavy (non-hydrogen) atoms. The summed E-state index contributed by atoms with van der Waals surface area (Å²) in [5.41, 5.74) is -1.14. The molecule has 1 aromatic carbocycles. The van der Waals surface area contributed by atoms with E-state index < -0.39 is 17.2 Å². The molecular formula is C13H17BrF2O. The third kappa shape index (κ3) is 3.05. The molecule has 1 atom stereocenters. The number of benzene rings is 1. The Kier molecular flexibility index (Phi) is 4.67. The van der Waals surface area contributed by atoms with E-state index in [0.717, 1.165) is 0 Å². The smallest absolute Gasteiger partial charge is 0.143 e. The summed E-state index contributed by atoms with van der Waals surface area (Å²) in [7, 11) is 0. The Balaban J connectivity index is 3.14. The van der Waals surface area contributed by atoms with Gasteiger partial charge in [0, 0.05) is 12.0 Å². The number of halogens is 3. The number of hydrogen-bond acceptors (Lipinski definition) is 1. The zero-order chi connectivity index (χ0) is 13.2. The van der Waals surface area contributed by atoms with Crippen LogP contribution < -0.4 is 0 Å². The molecule has 0 aliphatic rings. The topological polar surface area (TPSA) is 20.2 Å². The molecule has 1 unspecified atom stereocenters. The molecule has 0 amide bonds. The summed E-state index contributed by atoms with van der Waals surface area (Å²) >= 11 is 3.02. The van der Waals surface area contributed by atoms with E-state index in [1.54, 1.807) is 0 Å². The van der Waals surface area contributed by atoms with Crippen molar-refractivity contribution in [3.05, 3.63) is 33.8 Å². The second-order valence-electron chi connectivity index (χ2n) is 4.61. The highest BCUT2D eigenvalue weighted by Gasteiger charge is 2.31. The maximum atomic E-state index is 13.8. The largest absolute Gasteiger partial charge is 0.389 e. The van der Waals surface area contributed by atoms with Crippen LogP contribution in [0.2, 0.25) is 0 Å². The van der Waals surface area contributed by atoms with Crippen LogP contribution in [0.5, 0.6) is 0 Å². The molecule has 0 spiro atoms. The average molecular weight is 307 g/mol. The van der Waals surface area contributed by atoms with E-state index in [9.17, 15) is 13.9 Å². The van der Waals surface area contributed by atoms with E-state index in [1.807, 2.05) is 20.8 Å². The van der Waals surface area contributed by atoms with Crippen LogP contribution in [0.1, 0.15) is 32.8 Å². The molecule has 4 heteroatoms.